The zero-order chi connectivity index (χ0) is 18.8. The van der Waals surface area contributed by atoms with E-state index in [0.717, 1.165) is 9.87 Å². The number of hydrogen-bond donors (Lipinski definition) is 1. The first kappa shape index (κ1) is 20.1. The van der Waals surface area contributed by atoms with Gasteiger partial charge in [0.05, 0.1) is 11.0 Å². The van der Waals surface area contributed by atoms with Gasteiger partial charge in [0.25, 0.3) is 0 Å². The van der Waals surface area contributed by atoms with Crippen molar-refractivity contribution in [3.63, 3.8) is 0 Å². The maximum Gasteiger partial charge on any atom is 0.324 e. The first-order valence-corrected chi connectivity index (χ1v) is 9.03. The van der Waals surface area contributed by atoms with Gasteiger partial charge in [-0.15, -0.1) is 0 Å². The third kappa shape index (κ3) is 4.13. The Labute approximate surface area is 143 Å². The van der Waals surface area contributed by atoms with Gasteiger partial charge in [0.2, 0.25) is 10.0 Å². The second-order valence-corrected chi connectivity index (χ2v) is 8.99. The van der Waals surface area contributed by atoms with Crippen LogP contribution in [0.25, 0.3) is 0 Å². The lowest BCUT2D eigenvalue weighted by Gasteiger charge is -2.33. The van der Waals surface area contributed by atoms with Crippen LogP contribution in [-0.2, 0) is 20.2 Å². The molecule has 0 spiro atoms. The Hall–Kier alpha value is -1.91. The molecule has 1 aromatic carbocycles. The first-order valence-electron chi connectivity index (χ1n) is 7.59. The summed E-state index contributed by atoms with van der Waals surface area (Å²) < 4.78 is 26.7. The zero-order valence-corrected chi connectivity index (χ0v) is 15.5. The van der Waals surface area contributed by atoms with Gasteiger partial charge < -0.3 is 5.11 Å². The minimum absolute atomic E-state index is 0.0164. The van der Waals surface area contributed by atoms with Crippen LogP contribution in [0.5, 0.6) is 0 Å². The van der Waals surface area contributed by atoms with Crippen LogP contribution in [0, 0.1) is 11.3 Å². The van der Waals surface area contributed by atoms with Gasteiger partial charge in [0.1, 0.15) is 5.54 Å². The minimum atomic E-state index is -4.04. The Morgan fingerprint density at radius 3 is 2.04 bits per heavy atom. The monoisotopic (exact) mass is 352 g/mol. The molecule has 0 fully saturated rings. The van der Waals surface area contributed by atoms with E-state index < -0.39 is 21.5 Å². The second kappa shape index (κ2) is 6.91. The summed E-state index contributed by atoms with van der Waals surface area (Å²) in [6.45, 7) is 8.50. The third-order valence-corrected chi connectivity index (χ3v) is 5.97. The normalized spacial score (nSPS) is 12.9. The Morgan fingerprint density at radius 2 is 1.67 bits per heavy atom. The molecule has 0 saturated carbocycles. The molecule has 0 radical (unpaired) electrons. The van der Waals surface area contributed by atoms with Crippen molar-refractivity contribution in [2.45, 2.75) is 56.9 Å². The lowest BCUT2D eigenvalue weighted by molar-refractivity contribution is -0.146. The predicted molar refractivity (Wildman–Crippen MR) is 91.0 cm³/mol. The summed E-state index contributed by atoms with van der Waals surface area (Å²) in [5, 5.41) is 18.1. The van der Waals surface area contributed by atoms with Gasteiger partial charge in [0.15, 0.2) is 0 Å². The van der Waals surface area contributed by atoms with Gasteiger partial charge >= 0.3 is 5.97 Å². The number of hydrogen-bond acceptors (Lipinski definition) is 4. The molecule has 0 saturated heterocycles. The van der Waals surface area contributed by atoms with Gasteiger partial charge in [-0.1, -0.05) is 32.9 Å². The molecule has 0 aliphatic carbocycles. The Morgan fingerprint density at radius 1 is 1.17 bits per heavy atom. The number of rotatable bonds is 6. The van der Waals surface area contributed by atoms with Crippen LogP contribution in [0.3, 0.4) is 0 Å². The van der Waals surface area contributed by atoms with Crippen LogP contribution < -0.4 is 0 Å². The standard InChI is InChI=1S/C17H24N2O4S/c1-16(2,3)13-7-9-14(10-8-13)24(22,23)19(12-6-11-18)17(4,5)15(20)21/h7-10H,6,12H2,1-5H3,(H,20,21). The molecule has 0 heterocycles. The van der Waals surface area contributed by atoms with E-state index in [9.17, 15) is 18.3 Å². The van der Waals surface area contributed by atoms with E-state index in [0.29, 0.717) is 0 Å². The number of carboxylic acid groups (broad SMARTS) is 1. The fourth-order valence-electron chi connectivity index (χ4n) is 2.21. The second-order valence-electron chi connectivity index (χ2n) is 7.12. The van der Waals surface area contributed by atoms with Crippen molar-refractivity contribution in [3.8, 4) is 6.07 Å². The minimum Gasteiger partial charge on any atom is -0.480 e. The predicted octanol–water partition coefficient (Wildman–Crippen LogP) is 2.75. The zero-order valence-electron chi connectivity index (χ0n) is 14.7. The summed E-state index contributed by atoms with van der Waals surface area (Å²) in [5.74, 6) is -1.27. The van der Waals surface area contributed by atoms with Crippen molar-refractivity contribution in [1.82, 2.24) is 4.31 Å². The molecule has 1 N–H and O–H groups in total. The number of carboxylic acids is 1. The summed E-state index contributed by atoms with van der Waals surface area (Å²) in [6.07, 6.45) is -0.0873. The molecular weight excluding hydrogens is 328 g/mol. The van der Waals surface area contributed by atoms with E-state index >= 15 is 0 Å². The average Bonchev–Trinajstić information content (AvgIpc) is 2.46. The number of sulfonamides is 1. The summed E-state index contributed by atoms with van der Waals surface area (Å²) in [7, 11) is -4.04. The molecule has 0 aromatic heterocycles. The van der Waals surface area contributed by atoms with Crippen molar-refractivity contribution in [1.29, 1.82) is 5.26 Å². The summed E-state index contributed by atoms with van der Waals surface area (Å²) >= 11 is 0. The van der Waals surface area contributed by atoms with Crippen molar-refractivity contribution in [3.05, 3.63) is 29.8 Å². The van der Waals surface area contributed by atoms with Crippen molar-refractivity contribution in [2.24, 2.45) is 0 Å². The molecule has 1 aromatic rings. The highest BCUT2D eigenvalue weighted by molar-refractivity contribution is 7.89. The molecule has 0 unspecified atom stereocenters. The molecule has 0 amide bonds. The highest BCUT2D eigenvalue weighted by Crippen LogP contribution is 2.28. The molecule has 7 heteroatoms. The van der Waals surface area contributed by atoms with Gasteiger partial charge in [-0.3, -0.25) is 4.79 Å². The topological polar surface area (TPSA) is 98.5 Å². The van der Waals surface area contributed by atoms with Crippen LogP contribution in [-0.4, -0.2) is 35.9 Å². The van der Waals surface area contributed by atoms with Gasteiger partial charge in [-0.05, 0) is 37.0 Å². The van der Waals surface area contributed by atoms with Gasteiger partial charge in [-0.2, -0.15) is 9.57 Å². The maximum atomic E-state index is 12.9. The quantitative estimate of drug-likeness (QED) is 0.849. The molecule has 24 heavy (non-hydrogen) atoms. The molecule has 0 atom stereocenters. The Balaban J connectivity index is 3.36. The number of aliphatic carboxylic acids is 1. The van der Waals surface area contributed by atoms with Crippen LogP contribution in [0.1, 0.15) is 46.6 Å². The molecule has 0 aliphatic rings. The first-order chi connectivity index (χ1) is 10.8. The molecule has 6 nitrogen and oxygen atoms in total. The fourth-order valence-corrected chi connectivity index (χ4v) is 3.96. The van der Waals surface area contributed by atoms with E-state index in [1.165, 1.54) is 26.0 Å². The van der Waals surface area contributed by atoms with Crippen molar-refractivity contribution < 1.29 is 18.3 Å². The van der Waals surface area contributed by atoms with Crippen LogP contribution >= 0.6 is 0 Å². The lowest BCUT2D eigenvalue weighted by atomic mass is 9.87. The molecule has 132 valence electrons. The van der Waals surface area contributed by atoms with Crippen LogP contribution in [0.4, 0.5) is 0 Å². The van der Waals surface area contributed by atoms with Gasteiger partial charge in [0, 0.05) is 13.0 Å². The van der Waals surface area contributed by atoms with E-state index in [1.807, 2.05) is 26.8 Å². The fraction of sp³-hybridized carbons (Fsp3) is 0.529. The number of nitrogens with zero attached hydrogens (tertiary/aromatic N) is 2. The van der Waals surface area contributed by atoms with Gasteiger partial charge in [-0.25, -0.2) is 8.42 Å². The average molecular weight is 352 g/mol. The number of nitriles is 1. The highest BCUT2D eigenvalue weighted by atomic mass is 32.2. The smallest absolute Gasteiger partial charge is 0.324 e. The van der Waals surface area contributed by atoms with Crippen LogP contribution in [0.2, 0.25) is 0 Å². The summed E-state index contributed by atoms with van der Waals surface area (Å²) in [6, 6.07) is 8.27. The maximum absolute atomic E-state index is 12.9. The lowest BCUT2D eigenvalue weighted by Crippen LogP contribution is -2.53. The van der Waals surface area contributed by atoms with E-state index in [2.05, 4.69) is 0 Å². The molecule has 0 bridgehead atoms. The molecule has 1 rings (SSSR count). The number of carbonyl (C=O) groups is 1. The van der Waals surface area contributed by atoms with E-state index in [-0.39, 0.29) is 23.3 Å². The molecular formula is C17H24N2O4S. The Bertz CT molecular complexity index is 738. The third-order valence-electron chi connectivity index (χ3n) is 3.88. The van der Waals surface area contributed by atoms with E-state index in [1.54, 1.807) is 12.1 Å². The Kier molecular flexibility index (Phi) is 5.80. The summed E-state index contributed by atoms with van der Waals surface area (Å²) in [5.41, 5.74) is -0.802. The highest BCUT2D eigenvalue weighted by Gasteiger charge is 2.42. The number of benzene rings is 1. The molecule has 0 aliphatic heterocycles. The van der Waals surface area contributed by atoms with Crippen molar-refractivity contribution >= 4 is 16.0 Å². The van der Waals surface area contributed by atoms with Crippen molar-refractivity contribution in [2.75, 3.05) is 6.54 Å². The SMILES string of the molecule is CC(C)(C)c1ccc(S(=O)(=O)N(CCC#N)C(C)(C)C(=O)O)cc1. The largest absolute Gasteiger partial charge is 0.480 e. The van der Waals surface area contributed by atoms with E-state index in [4.69, 9.17) is 5.26 Å². The summed E-state index contributed by atoms with van der Waals surface area (Å²) in [4.78, 5) is 11.5. The van der Waals surface area contributed by atoms with Crippen LogP contribution in [0.15, 0.2) is 29.2 Å².